The van der Waals surface area contributed by atoms with E-state index in [-0.39, 0.29) is 19.3 Å². The van der Waals surface area contributed by atoms with Gasteiger partial charge in [-0.05, 0) is 52.4 Å². The summed E-state index contributed by atoms with van der Waals surface area (Å²) in [4.78, 5) is 0. The first kappa shape index (κ1) is 15.8. The van der Waals surface area contributed by atoms with Crippen LogP contribution in [-0.4, -0.2) is 19.3 Å². The van der Waals surface area contributed by atoms with Crippen molar-refractivity contribution in [3.8, 4) is 0 Å². The van der Waals surface area contributed by atoms with Crippen LogP contribution in [0, 0.1) is 0 Å². The van der Waals surface area contributed by atoms with Crippen LogP contribution in [0.5, 0.6) is 0 Å². The summed E-state index contributed by atoms with van der Waals surface area (Å²) in [5.74, 6) is 0. The quantitative estimate of drug-likeness (QED) is 0.669. The van der Waals surface area contributed by atoms with Crippen molar-refractivity contribution >= 4 is 7.12 Å². The third-order valence-corrected chi connectivity index (χ3v) is 3.17. The molecule has 0 heterocycles. The van der Waals surface area contributed by atoms with Gasteiger partial charge in [-0.25, -0.2) is 0 Å². The molecule has 0 atom stereocenters. The molecular formula is C15H29BO2. The SMILES string of the molecule is CC(C)OB(OC(C)C)C1=CCCCCCCC1. The number of allylic oxidation sites excluding steroid dienone is 2. The lowest BCUT2D eigenvalue weighted by molar-refractivity contribution is 0.135. The zero-order valence-corrected chi connectivity index (χ0v) is 12.6. The Morgan fingerprint density at radius 3 is 2.06 bits per heavy atom. The first-order valence-electron chi connectivity index (χ1n) is 7.59. The maximum Gasteiger partial charge on any atom is 0.489 e. The molecule has 0 radical (unpaired) electrons. The van der Waals surface area contributed by atoms with Gasteiger partial charge in [-0.3, -0.25) is 0 Å². The van der Waals surface area contributed by atoms with Crippen LogP contribution in [0.15, 0.2) is 11.5 Å². The highest BCUT2D eigenvalue weighted by Crippen LogP contribution is 2.21. The summed E-state index contributed by atoms with van der Waals surface area (Å²) in [5.41, 5.74) is 1.36. The Morgan fingerprint density at radius 2 is 1.44 bits per heavy atom. The molecule has 0 unspecified atom stereocenters. The van der Waals surface area contributed by atoms with Crippen molar-refractivity contribution in [2.75, 3.05) is 0 Å². The molecule has 0 bridgehead atoms. The maximum atomic E-state index is 5.95. The van der Waals surface area contributed by atoms with Gasteiger partial charge in [0, 0.05) is 12.2 Å². The van der Waals surface area contributed by atoms with E-state index in [1.54, 1.807) is 0 Å². The van der Waals surface area contributed by atoms with Crippen LogP contribution in [0.2, 0.25) is 0 Å². The normalized spacial score (nSPS) is 18.2. The molecule has 1 rings (SSSR count). The number of rotatable bonds is 5. The van der Waals surface area contributed by atoms with Crippen LogP contribution in [0.3, 0.4) is 0 Å². The molecule has 0 aromatic rings. The summed E-state index contributed by atoms with van der Waals surface area (Å²) in [6, 6.07) is 0. The van der Waals surface area contributed by atoms with Crippen molar-refractivity contribution in [1.82, 2.24) is 0 Å². The predicted octanol–water partition coefficient (Wildman–Crippen LogP) is 4.53. The Hall–Kier alpha value is -0.275. The highest BCUT2D eigenvalue weighted by molar-refractivity contribution is 6.53. The topological polar surface area (TPSA) is 18.5 Å². The lowest BCUT2D eigenvalue weighted by Gasteiger charge is -2.22. The minimum atomic E-state index is -0.136. The highest BCUT2D eigenvalue weighted by atomic mass is 16.6. The van der Waals surface area contributed by atoms with E-state index in [4.69, 9.17) is 9.31 Å². The van der Waals surface area contributed by atoms with Crippen LogP contribution < -0.4 is 0 Å². The molecule has 0 aromatic carbocycles. The summed E-state index contributed by atoms with van der Waals surface area (Å²) in [7, 11) is -0.136. The van der Waals surface area contributed by atoms with Crippen molar-refractivity contribution < 1.29 is 9.31 Å². The second-order valence-electron chi connectivity index (χ2n) is 5.79. The van der Waals surface area contributed by atoms with E-state index in [0.717, 1.165) is 6.42 Å². The van der Waals surface area contributed by atoms with Crippen LogP contribution in [0.25, 0.3) is 0 Å². The van der Waals surface area contributed by atoms with Crippen LogP contribution >= 0.6 is 0 Å². The van der Waals surface area contributed by atoms with Crippen molar-refractivity contribution in [3.05, 3.63) is 11.5 Å². The van der Waals surface area contributed by atoms with E-state index in [0.29, 0.717) is 0 Å². The monoisotopic (exact) mass is 252 g/mol. The predicted molar refractivity (Wildman–Crippen MR) is 78.6 cm³/mol. The summed E-state index contributed by atoms with van der Waals surface area (Å²) in [6.45, 7) is 8.30. The third kappa shape index (κ3) is 6.60. The third-order valence-electron chi connectivity index (χ3n) is 3.17. The molecule has 0 saturated carbocycles. The van der Waals surface area contributed by atoms with Gasteiger partial charge in [0.25, 0.3) is 0 Å². The van der Waals surface area contributed by atoms with Gasteiger partial charge < -0.3 is 9.31 Å². The van der Waals surface area contributed by atoms with E-state index < -0.39 is 0 Å². The van der Waals surface area contributed by atoms with Crippen LogP contribution in [0.1, 0.15) is 72.6 Å². The van der Waals surface area contributed by atoms with Crippen LogP contribution in [-0.2, 0) is 9.31 Å². The molecular weight excluding hydrogens is 223 g/mol. The molecule has 0 spiro atoms. The molecule has 104 valence electrons. The smallest absolute Gasteiger partial charge is 0.405 e. The van der Waals surface area contributed by atoms with E-state index in [1.165, 1.54) is 44.0 Å². The Bertz CT molecular complexity index is 239. The minimum Gasteiger partial charge on any atom is -0.405 e. The molecule has 0 N–H and O–H groups in total. The highest BCUT2D eigenvalue weighted by Gasteiger charge is 2.26. The van der Waals surface area contributed by atoms with E-state index in [2.05, 4.69) is 33.8 Å². The molecule has 0 aliphatic heterocycles. The van der Waals surface area contributed by atoms with Gasteiger partial charge in [0.15, 0.2) is 0 Å². The Labute approximate surface area is 113 Å². The summed E-state index contributed by atoms with van der Waals surface area (Å²) < 4.78 is 11.9. The van der Waals surface area contributed by atoms with E-state index >= 15 is 0 Å². The average Bonchev–Trinajstić information content (AvgIpc) is 2.39. The molecule has 1 aliphatic carbocycles. The Kier molecular flexibility index (Phi) is 7.68. The average molecular weight is 252 g/mol. The fourth-order valence-corrected chi connectivity index (χ4v) is 2.31. The van der Waals surface area contributed by atoms with Gasteiger partial charge in [0.1, 0.15) is 0 Å². The lowest BCUT2D eigenvalue weighted by Crippen LogP contribution is -2.32. The molecule has 18 heavy (non-hydrogen) atoms. The molecule has 0 amide bonds. The summed E-state index contributed by atoms with van der Waals surface area (Å²) >= 11 is 0. The molecule has 0 fully saturated rings. The first-order valence-corrected chi connectivity index (χ1v) is 7.59. The van der Waals surface area contributed by atoms with Gasteiger partial charge >= 0.3 is 7.12 Å². The van der Waals surface area contributed by atoms with E-state index in [1.807, 2.05) is 0 Å². The second-order valence-corrected chi connectivity index (χ2v) is 5.79. The van der Waals surface area contributed by atoms with Crippen molar-refractivity contribution in [2.45, 2.75) is 84.8 Å². The molecule has 3 heteroatoms. The number of hydrogen-bond acceptors (Lipinski definition) is 2. The standard InChI is InChI=1S/C15H29BO2/c1-13(2)17-16(18-14(3)4)15-11-9-7-5-6-8-10-12-15/h11,13-14H,5-10,12H2,1-4H3. The summed E-state index contributed by atoms with van der Waals surface area (Å²) in [6.07, 6.45) is 11.7. The van der Waals surface area contributed by atoms with Gasteiger partial charge in [-0.2, -0.15) is 0 Å². The van der Waals surface area contributed by atoms with Gasteiger partial charge in [0.2, 0.25) is 0 Å². The van der Waals surface area contributed by atoms with E-state index in [9.17, 15) is 0 Å². The Morgan fingerprint density at radius 1 is 0.889 bits per heavy atom. The van der Waals surface area contributed by atoms with Crippen LogP contribution in [0.4, 0.5) is 0 Å². The summed E-state index contributed by atoms with van der Waals surface area (Å²) in [5, 5.41) is 0. The fraction of sp³-hybridized carbons (Fsp3) is 0.867. The molecule has 2 nitrogen and oxygen atoms in total. The minimum absolute atomic E-state index is 0.136. The van der Waals surface area contributed by atoms with Gasteiger partial charge in [-0.15, -0.1) is 0 Å². The lowest BCUT2D eigenvalue weighted by atomic mass is 9.74. The molecule has 0 aromatic heterocycles. The second kappa shape index (κ2) is 8.76. The van der Waals surface area contributed by atoms with Crippen molar-refractivity contribution in [1.29, 1.82) is 0 Å². The van der Waals surface area contributed by atoms with Gasteiger partial charge in [0.05, 0.1) is 0 Å². The van der Waals surface area contributed by atoms with Crippen molar-refractivity contribution in [3.63, 3.8) is 0 Å². The Balaban J connectivity index is 2.66. The largest absolute Gasteiger partial charge is 0.489 e. The zero-order valence-electron chi connectivity index (χ0n) is 12.6. The zero-order chi connectivity index (χ0) is 13.4. The fourth-order valence-electron chi connectivity index (χ4n) is 2.31. The number of hydrogen-bond donors (Lipinski definition) is 0. The molecule has 1 aliphatic rings. The maximum absolute atomic E-state index is 5.95. The van der Waals surface area contributed by atoms with Crippen molar-refractivity contribution in [2.24, 2.45) is 0 Å². The first-order chi connectivity index (χ1) is 8.59. The molecule has 0 saturated heterocycles. The van der Waals surface area contributed by atoms with Gasteiger partial charge in [-0.1, -0.05) is 31.8 Å².